The topological polar surface area (TPSA) is 75.9 Å². The highest BCUT2D eigenvalue weighted by molar-refractivity contribution is 6.01. The second-order valence-electron chi connectivity index (χ2n) is 10.2. The van der Waals surface area contributed by atoms with Crippen LogP contribution in [0.25, 0.3) is 11.0 Å². The second-order valence-corrected chi connectivity index (χ2v) is 10.2. The third-order valence-electron chi connectivity index (χ3n) is 8.43. The molecule has 4 aliphatic carbocycles. The van der Waals surface area contributed by atoms with E-state index < -0.39 is 0 Å². The van der Waals surface area contributed by atoms with Gasteiger partial charge in [0.15, 0.2) is 5.65 Å². The number of rotatable bonds is 5. The van der Waals surface area contributed by atoms with E-state index in [1.807, 2.05) is 10.9 Å². The van der Waals surface area contributed by atoms with E-state index in [0.29, 0.717) is 11.7 Å². The molecule has 0 radical (unpaired) electrons. The summed E-state index contributed by atoms with van der Waals surface area (Å²) < 4.78 is 1.97. The van der Waals surface area contributed by atoms with Crippen LogP contribution in [0.1, 0.15) is 57.8 Å². The largest absolute Gasteiger partial charge is 0.309 e. The highest BCUT2D eigenvalue weighted by Crippen LogP contribution is 2.65. The average Bonchev–Trinajstić information content (AvgIpc) is 3.25. The summed E-state index contributed by atoms with van der Waals surface area (Å²) in [6, 6.07) is 0. The molecule has 160 valence electrons. The van der Waals surface area contributed by atoms with Gasteiger partial charge in [0.25, 0.3) is 0 Å². The van der Waals surface area contributed by atoms with E-state index in [1.54, 1.807) is 6.33 Å². The number of nitrogens with one attached hydrogen (secondary N) is 1. The van der Waals surface area contributed by atoms with Crippen LogP contribution in [-0.2, 0) is 11.3 Å². The van der Waals surface area contributed by atoms with Crippen LogP contribution in [0.2, 0.25) is 0 Å². The lowest BCUT2D eigenvalue weighted by Crippen LogP contribution is -2.37. The number of fused-ring (bicyclic) bond motifs is 1. The van der Waals surface area contributed by atoms with Crippen molar-refractivity contribution in [3.63, 3.8) is 0 Å². The van der Waals surface area contributed by atoms with Gasteiger partial charge in [-0.25, -0.2) is 14.6 Å². The Kier molecular flexibility index (Phi) is 4.55. The molecule has 4 saturated carbocycles. The van der Waals surface area contributed by atoms with E-state index in [2.05, 4.69) is 25.3 Å². The maximum atomic E-state index is 13.4. The lowest BCUT2D eigenvalue weighted by Gasteiger charge is -2.31. The van der Waals surface area contributed by atoms with Crippen molar-refractivity contribution in [3.05, 3.63) is 12.5 Å². The second kappa shape index (κ2) is 7.29. The number of carbonyl (C=O) groups excluding carboxylic acids is 1. The van der Waals surface area contributed by atoms with Gasteiger partial charge in [-0.3, -0.25) is 4.79 Å². The summed E-state index contributed by atoms with van der Waals surface area (Å²) in [6.45, 7) is 4.18. The summed E-state index contributed by atoms with van der Waals surface area (Å²) >= 11 is 0. The highest BCUT2D eigenvalue weighted by Gasteiger charge is 2.61. The monoisotopic (exact) mass is 408 g/mol. The SMILES string of the molecule is O=C(Nc1ncnc2c1cnn2CCN1CCCCCC1)C12CC3CC1C[C@@H](C3)C2. The minimum Gasteiger partial charge on any atom is -0.309 e. The van der Waals surface area contributed by atoms with Gasteiger partial charge in [-0.1, -0.05) is 12.8 Å². The smallest absolute Gasteiger partial charge is 0.232 e. The summed E-state index contributed by atoms with van der Waals surface area (Å²) in [5, 5.41) is 8.65. The molecule has 0 aromatic carbocycles. The van der Waals surface area contributed by atoms with Crippen LogP contribution in [-0.4, -0.2) is 50.2 Å². The predicted octanol–water partition coefficient (Wildman–Crippen LogP) is 3.47. The zero-order valence-electron chi connectivity index (χ0n) is 17.7. The van der Waals surface area contributed by atoms with Crippen LogP contribution in [0.3, 0.4) is 0 Å². The molecule has 2 aromatic heterocycles. The Bertz CT molecular complexity index is 932. The maximum absolute atomic E-state index is 13.4. The van der Waals surface area contributed by atoms with E-state index in [-0.39, 0.29) is 11.3 Å². The molecule has 1 amide bonds. The fraction of sp³-hybridized carbons (Fsp3) is 0.739. The first-order chi connectivity index (χ1) is 14.7. The van der Waals surface area contributed by atoms with Gasteiger partial charge in [0.05, 0.1) is 23.5 Å². The first-order valence-electron chi connectivity index (χ1n) is 11.9. The number of anilines is 1. The summed E-state index contributed by atoms with van der Waals surface area (Å²) in [5.74, 6) is 2.93. The standard InChI is InChI=1S/C23H32N6O/c30-22(23-12-16-9-17(13-23)11-18(23)10-16)27-20-19-14-26-29(21(19)25-15-24-20)8-7-28-5-3-1-2-4-6-28/h14-18H,1-13H2,(H,24,25,27,30)/t16-,17?,18?,23?/m1/s1. The number of likely N-dealkylation sites (tertiary alicyclic amines) is 1. The zero-order chi connectivity index (χ0) is 20.1. The molecular weight excluding hydrogens is 376 g/mol. The van der Waals surface area contributed by atoms with Crippen molar-refractivity contribution in [1.82, 2.24) is 24.6 Å². The summed E-state index contributed by atoms with van der Waals surface area (Å²) in [7, 11) is 0. The van der Waals surface area contributed by atoms with Crippen molar-refractivity contribution in [2.45, 2.75) is 64.3 Å². The van der Waals surface area contributed by atoms with E-state index in [1.165, 1.54) is 58.0 Å². The number of amides is 1. The Morgan fingerprint density at radius 1 is 1.03 bits per heavy atom. The molecule has 2 aromatic rings. The van der Waals surface area contributed by atoms with Gasteiger partial charge >= 0.3 is 0 Å². The zero-order valence-corrected chi connectivity index (χ0v) is 17.7. The molecule has 7 rings (SSSR count). The van der Waals surface area contributed by atoms with E-state index in [0.717, 1.165) is 48.8 Å². The molecule has 4 bridgehead atoms. The van der Waals surface area contributed by atoms with Gasteiger partial charge < -0.3 is 10.2 Å². The van der Waals surface area contributed by atoms with Crippen LogP contribution in [0.4, 0.5) is 5.82 Å². The summed E-state index contributed by atoms with van der Waals surface area (Å²) in [5.41, 5.74) is 0.679. The van der Waals surface area contributed by atoms with Crippen LogP contribution in [0.5, 0.6) is 0 Å². The molecule has 3 unspecified atom stereocenters. The summed E-state index contributed by atoms with van der Waals surface area (Å²) in [6.07, 6.45) is 14.7. The van der Waals surface area contributed by atoms with Gasteiger partial charge in [0.2, 0.25) is 5.91 Å². The molecule has 7 heteroatoms. The van der Waals surface area contributed by atoms with Crippen molar-refractivity contribution < 1.29 is 4.79 Å². The Balaban J connectivity index is 1.19. The van der Waals surface area contributed by atoms with Gasteiger partial charge in [-0.15, -0.1) is 0 Å². The van der Waals surface area contributed by atoms with Crippen molar-refractivity contribution in [2.24, 2.45) is 23.2 Å². The molecule has 1 aliphatic heterocycles. The quantitative estimate of drug-likeness (QED) is 0.820. The molecule has 30 heavy (non-hydrogen) atoms. The molecule has 5 aliphatic rings. The minimum atomic E-state index is -0.145. The molecular formula is C23H32N6O. The lowest BCUT2D eigenvalue weighted by atomic mass is 9.75. The van der Waals surface area contributed by atoms with Crippen molar-refractivity contribution in [2.75, 3.05) is 25.0 Å². The number of aromatic nitrogens is 4. The van der Waals surface area contributed by atoms with Gasteiger partial charge in [-0.05, 0) is 75.8 Å². The third-order valence-corrected chi connectivity index (χ3v) is 8.43. The normalized spacial score (nSPS) is 33.3. The Labute approximate surface area is 177 Å². The fourth-order valence-corrected chi connectivity index (χ4v) is 7.15. The molecule has 4 atom stereocenters. The highest BCUT2D eigenvalue weighted by atomic mass is 16.2. The van der Waals surface area contributed by atoms with Gasteiger partial charge in [0.1, 0.15) is 12.1 Å². The third kappa shape index (κ3) is 3.04. The van der Waals surface area contributed by atoms with Crippen LogP contribution in [0.15, 0.2) is 12.5 Å². The van der Waals surface area contributed by atoms with Crippen molar-refractivity contribution in [3.8, 4) is 0 Å². The first-order valence-corrected chi connectivity index (χ1v) is 11.9. The Morgan fingerprint density at radius 3 is 2.57 bits per heavy atom. The number of hydrogen-bond acceptors (Lipinski definition) is 5. The predicted molar refractivity (Wildman–Crippen MR) is 115 cm³/mol. The van der Waals surface area contributed by atoms with E-state index >= 15 is 0 Å². The number of nitrogens with zero attached hydrogens (tertiary/aromatic N) is 5. The molecule has 1 N–H and O–H groups in total. The van der Waals surface area contributed by atoms with Crippen LogP contribution >= 0.6 is 0 Å². The van der Waals surface area contributed by atoms with Crippen LogP contribution < -0.4 is 5.32 Å². The van der Waals surface area contributed by atoms with Crippen molar-refractivity contribution >= 4 is 22.8 Å². The minimum absolute atomic E-state index is 0.145. The average molecular weight is 409 g/mol. The molecule has 5 fully saturated rings. The van der Waals surface area contributed by atoms with Gasteiger partial charge in [-0.2, -0.15) is 5.10 Å². The van der Waals surface area contributed by atoms with Crippen molar-refractivity contribution in [1.29, 1.82) is 0 Å². The Hall–Kier alpha value is -2.02. The maximum Gasteiger partial charge on any atom is 0.232 e. The van der Waals surface area contributed by atoms with Crippen LogP contribution in [0, 0.1) is 23.2 Å². The first kappa shape index (κ1) is 18.7. The van der Waals surface area contributed by atoms with Gasteiger partial charge in [0, 0.05) is 6.54 Å². The molecule has 3 heterocycles. The number of carbonyl (C=O) groups is 1. The van der Waals surface area contributed by atoms with E-state index in [4.69, 9.17) is 0 Å². The molecule has 1 saturated heterocycles. The van der Waals surface area contributed by atoms with E-state index in [9.17, 15) is 4.79 Å². The molecule has 7 nitrogen and oxygen atoms in total. The molecule has 0 spiro atoms. The lowest BCUT2D eigenvalue weighted by molar-refractivity contribution is -0.127. The number of hydrogen-bond donors (Lipinski definition) is 1. The summed E-state index contributed by atoms with van der Waals surface area (Å²) in [4.78, 5) is 24.9. The Morgan fingerprint density at radius 2 is 1.80 bits per heavy atom. The fourth-order valence-electron chi connectivity index (χ4n) is 7.15.